The molecule has 0 saturated carbocycles. The molecule has 3 rings (SSSR count). The minimum Gasteiger partial charge on any atom is -0.324 e. The summed E-state index contributed by atoms with van der Waals surface area (Å²) in [5.41, 5.74) is 1.02. The Morgan fingerprint density at radius 1 is 1.03 bits per heavy atom. The van der Waals surface area contributed by atoms with E-state index in [9.17, 15) is 22.4 Å². The summed E-state index contributed by atoms with van der Waals surface area (Å²) in [7, 11) is -3.09. The number of halogens is 1. The highest BCUT2D eigenvalue weighted by Gasteiger charge is 2.32. The van der Waals surface area contributed by atoms with Gasteiger partial charge in [-0.15, -0.1) is 0 Å². The fraction of sp³-hybridized carbons (Fsp3) is 0.300. The number of anilines is 2. The molecule has 1 heterocycles. The van der Waals surface area contributed by atoms with E-state index in [-0.39, 0.29) is 36.2 Å². The number of nitrogens with zero attached hydrogens (tertiary/aromatic N) is 1. The highest BCUT2D eigenvalue weighted by Crippen LogP contribution is 2.26. The standard InChI is InChI=1S/C20H22FN3O4S/c1-14(25)22-18-13-16(7-8-17(18)21)23-20(26)19(15-5-3-2-4-6-15)24-9-11-29(27,28)12-10-24/h2-8,13,19H,9-12H2,1H3,(H,22,25)(H,23,26). The first-order valence-electron chi connectivity index (χ1n) is 9.12. The van der Waals surface area contributed by atoms with Crippen LogP contribution in [0, 0.1) is 5.82 Å². The number of amides is 2. The van der Waals surface area contributed by atoms with E-state index in [1.165, 1.54) is 19.1 Å². The van der Waals surface area contributed by atoms with E-state index >= 15 is 0 Å². The second-order valence-electron chi connectivity index (χ2n) is 6.87. The zero-order chi connectivity index (χ0) is 21.0. The summed E-state index contributed by atoms with van der Waals surface area (Å²) in [6.07, 6.45) is 0. The quantitative estimate of drug-likeness (QED) is 0.775. The Hall–Kier alpha value is -2.78. The van der Waals surface area contributed by atoms with Crippen molar-refractivity contribution < 1.29 is 22.4 Å². The van der Waals surface area contributed by atoms with Crippen LogP contribution < -0.4 is 10.6 Å². The number of hydrogen-bond acceptors (Lipinski definition) is 5. The Morgan fingerprint density at radius 3 is 2.31 bits per heavy atom. The van der Waals surface area contributed by atoms with E-state index in [2.05, 4.69) is 10.6 Å². The Bertz CT molecular complexity index is 998. The van der Waals surface area contributed by atoms with Crippen molar-refractivity contribution in [1.29, 1.82) is 0 Å². The van der Waals surface area contributed by atoms with Crippen LogP contribution in [0.4, 0.5) is 15.8 Å². The van der Waals surface area contributed by atoms with Gasteiger partial charge in [-0.3, -0.25) is 14.5 Å². The highest BCUT2D eigenvalue weighted by molar-refractivity contribution is 7.91. The average molecular weight is 419 g/mol. The van der Waals surface area contributed by atoms with Crippen molar-refractivity contribution in [2.75, 3.05) is 35.2 Å². The van der Waals surface area contributed by atoms with Gasteiger partial charge in [0, 0.05) is 25.7 Å². The van der Waals surface area contributed by atoms with Crippen molar-refractivity contribution in [1.82, 2.24) is 4.90 Å². The lowest BCUT2D eigenvalue weighted by molar-refractivity contribution is -0.121. The molecule has 2 N–H and O–H groups in total. The van der Waals surface area contributed by atoms with Gasteiger partial charge in [0.05, 0.1) is 17.2 Å². The van der Waals surface area contributed by atoms with Gasteiger partial charge in [0.15, 0.2) is 9.84 Å². The molecule has 2 aromatic rings. The first-order valence-corrected chi connectivity index (χ1v) is 10.9. The number of nitrogens with one attached hydrogen (secondary N) is 2. The van der Waals surface area contributed by atoms with Gasteiger partial charge in [0.2, 0.25) is 11.8 Å². The van der Waals surface area contributed by atoms with E-state index in [1.807, 2.05) is 23.1 Å². The predicted molar refractivity (Wildman–Crippen MR) is 109 cm³/mol. The second-order valence-corrected chi connectivity index (χ2v) is 9.17. The number of carbonyl (C=O) groups excluding carboxylic acids is 2. The third kappa shape index (κ3) is 5.39. The Balaban J connectivity index is 1.85. The zero-order valence-corrected chi connectivity index (χ0v) is 16.7. The molecule has 2 amide bonds. The monoisotopic (exact) mass is 419 g/mol. The molecular weight excluding hydrogens is 397 g/mol. The molecule has 0 aromatic heterocycles. The number of rotatable bonds is 5. The molecule has 0 spiro atoms. The van der Waals surface area contributed by atoms with Crippen LogP contribution >= 0.6 is 0 Å². The van der Waals surface area contributed by atoms with Gasteiger partial charge in [-0.05, 0) is 23.8 Å². The highest BCUT2D eigenvalue weighted by atomic mass is 32.2. The van der Waals surface area contributed by atoms with Gasteiger partial charge in [-0.25, -0.2) is 12.8 Å². The number of benzene rings is 2. The third-order valence-corrected chi connectivity index (χ3v) is 6.26. The molecule has 1 aliphatic rings. The molecule has 1 aliphatic heterocycles. The van der Waals surface area contributed by atoms with Gasteiger partial charge in [0.1, 0.15) is 11.9 Å². The summed E-state index contributed by atoms with van der Waals surface area (Å²) in [4.78, 5) is 26.2. The summed E-state index contributed by atoms with van der Waals surface area (Å²) < 4.78 is 37.4. The van der Waals surface area contributed by atoms with E-state index < -0.39 is 27.6 Å². The summed E-state index contributed by atoms with van der Waals surface area (Å²) in [6, 6.07) is 12.3. The molecule has 0 aliphatic carbocycles. The molecular formula is C20H22FN3O4S. The SMILES string of the molecule is CC(=O)Nc1cc(NC(=O)C(c2ccccc2)N2CCS(=O)(=O)CC2)ccc1F. The second kappa shape index (κ2) is 8.71. The van der Waals surface area contributed by atoms with Crippen molar-refractivity contribution in [2.45, 2.75) is 13.0 Å². The van der Waals surface area contributed by atoms with Gasteiger partial charge in [-0.1, -0.05) is 30.3 Å². The molecule has 1 unspecified atom stereocenters. The van der Waals surface area contributed by atoms with E-state index in [0.29, 0.717) is 5.69 Å². The summed E-state index contributed by atoms with van der Waals surface area (Å²) in [5.74, 6) is -1.42. The molecule has 154 valence electrons. The minimum atomic E-state index is -3.09. The number of carbonyl (C=O) groups is 2. The van der Waals surface area contributed by atoms with Gasteiger partial charge < -0.3 is 10.6 Å². The van der Waals surface area contributed by atoms with Gasteiger partial charge in [0.25, 0.3) is 0 Å². The van der Waals surface area contributed by atoms with Gasteiger partial charge in [-0.2, -0.15) is 0 Å². The first kappa shape index (κ1) is 20.9. The smallest absolute Gasteiger partial charge is 0.246 e. The largest absolute Gasteiger partial charge is 0.324 e. The molecule has 1 fully saturated rings. The van der Waals surface area contributed by atoms with Crippen LogP contribution in [0.2, 0.25) is 0 Å². The van der Waals surface area contributed by atoms with Crippen molar-refractivity contribution in [3.05, 3.63) is 59.9 Å². The maximum atomic E-state index is 13.9. The average Bonchev–Trinajstić information content (AvgIpc) is 2.66. The molecule has 0 bridgehead atoms. The zero-order valence-electron chi connectivity index (χ0n) is 15.9. The topological polar surface area (TPSA) is 95.6 Å². The van der Waals surface area contributed by atoms with Crippen LogP contribution in [0.1, 0.15) is 18.5 Å². The van der Waals surface area contributed by atoms with Crippen LogP contribution in [0.15, 0.2) is 48.5 Å². The van der Waals surface area contributed by atoms with Crippen molar-refractivity contribution >= 4 is 33.0 Å². The van der Waals surface area contributed by atoms with Crippen molar-refractivity contribution in [3.63, 3.8) is 0 Å². The predicted octanol–water partition coefficient (Wildman–Crippen LogP) is 2.19. The maximum Gasteiger partial charge on any atom is 0.246 e. The maximum absolute atomic E-state index is 13.9. The molecule has 7 nitrogen and oxygen atoms in total. The normalized spacial score (nSPS) is 17.3. The Morgan fingerprint density at radius 2 is 1.69 bits per heavy atom. The lowest BCUT2D eigenvalue weighted by Gasteiger charge is -2.33. The van der Waals surface area contributed by atoms with Crippen LogP contribution in [0.3, 0.4) is 0 Å². The Kier molecular flexibility index (Phi) is 6.29. The molecule has 1 saturated heterocycles. The van der Waals surface area contributed by atoms with Crippen LogP contribution in [-0.2, 0) is 19.4 Å². The lowest BCUT2D eigenvalue weighted by Crippen LogP contribution is -2.46. The van der Waals surface area contributed by atoms with E-state index in [4.69, 9.17) is 0 Å². The molecule has 2 aromatic carbocycles. The summed E-state index contributed by atoms with van der Waals surface area (Å²) >= 11 is 0. The van der Waals surface area contributed by atoms with Crippen LogP contribution in [0.5, 0.6) is 0 Å². The molecule has 1 atom stereocenters. The van der Waals surface area contributed by atoms with E-state index in [1.54, 1.807) is 12.1 Å². The van der Waals surface area contributed by atoms with Crippen LogP contribution in [-0.4, -0.2) is 49.7 Å². The Labute approximate surface area is 168 Å². The minimum absolute atomic E-state index is 0.00710. The molecule has 9 heteroatoms. The van der Waals surface area contributed by atoms with Crippen molar-refractivity contribution in [3.8, 4) is 0 Å². The fourth-order valence-corrected chi connectivity index (χ4v) is 4.48. The summed E-state index contributed by atoms with van der Waals surface area (Å²) in [6.45, 7) is 1.76. The van der Waals surface area contributed by atoms with Gasteiger partial charge >= 0.3 is 0 Å². The fourth-order valence-electron chi connectivity index (χ4n) is 3.25. The first-order chi connectivity index (χ1) is 13.7. The lowest BCUT2D eigenvalue weighted by atomic mass is 10.0. The van der Waals surface area contributed by atoms with E-state index in [0.717, 1.165) is 11.6 Å². The number of sulfone groups is 1. The molecule has 0 radical (unpaired) electrons. The summed E-state index contributed by atoms with van der Waals surface area (Å²) in [5, 5.41) is 5.13. The van der Waals surface area contributed by atoms with Crippen LogP contribution in [0.25, 0.3) is 0 Å². The molecule has 29 heavy (non-hydrogen) atoms. The number of hydrogen-bond donors (Lipinski definition) is 2. The third-order valence-electron chi connectivity index (χ3n) is 4.65. The van der Waals surface area contributed by atoms with Crippen molar-refractivity contribution in [2.24, 2.45) is 0 Å².